The van der Waals surface area contributed by atoms with E-state index in [1.165, 1.54) is 11.3 Å². The molecule has 1 aromatic heterocycles. The average Bonchev–Trinajstić information content (AvgIpc) is 2.50. The van der Waals surface area contributed by atoms with Crippen molar-refractivity contribution in [3.05, 3.63) is 21.3 Å². The zero-order valence-electron chi connectivity index (χ0n) is 9.72. The fourth-order valence-corrected chi connectivity index (χ4v) is 2.81. The van der Waals surface area contributed by atoms with Crippen molar-refractivity contribution in [1.82, 2.24) is 5.32 Å². The lowest BCUT2D eigenvalue weighted by molar-refractivity contribution is 0.445. The van der Waals surface area contributed by atoms with Gasteiger partial charge in [-0.25, -0.2) is 0 Å². The second-order valence-electron chi connectivity index (χ2n) is 4.44. The van der Waals surface area contributed by atoms with Crippen LogP contribution in [0.5, 0.6) is 0 Å². The number of thiophene rings is 1. The Morgan fingerprint density at radius 3 is 2.60 bits per heavy atom. The molecular formula is C12H20ClNS. The Bertz CT molecular complexity index is 283. The van der Waals surface area contributed by atoms with E-state index in [1.54, 1.807) is 11.3 Å². The molecule has 15 heavy (non-hydrogen) atoms. The Morgan fingerprint density at radius 2 is 2.07 bits per heavy atom. The van der Waals surface area contributed by atoms with E-state index in [-0.39, 0.29) is 0 Å². The van der Waals surface area contributed by atoms with Crippen LogP contribution >= 0.6 is 22.9 Å². The molecule has 0 radical (unpaired) electrons. The predicted octanol–water partition coefficient (Wildman–Crippen LogP) is 3.97. The minimum Gasteiger partial charge on any atom is -0.314 e. The summed E-state index contributed by atoms with van der Waals surface area (Å²) in [5.74, 6) is 0.767. The molecule has 1 nitrogen and oxygen atoms in total. The summed E-state index contributed by atoms with van der Waals surface area (Å²) in [5.41, 5.74) is 0. The maximum atomic E-state index is 5.87. The highest BCUT2D eigenvalue weighted by molar-refractivity contribution is 7.16. The summed E-state index contributed by atoms with van der Waals surface area (Å²) in [6.45, 7) is 7.82. The van der Waals surface area contributed by atoms with Crippen LogP contribution in [0.4, 0.5) is 0 Å². The van der Waals surface area contributed by atoms with E-state index in [1.807, 2.05) is 6.07 Å². The molecule has 1 aromatic rings. The summed E-state index contributed by atoms with van der Waals surface area (Å²) < 4.78 is 0.889. The first kappa shape index (κ1) is 13.0. The van der Waals surface area contributed by atoms with E-state index in [2.05, 4.69) is 32.2 Å². The molecule has 0 fully saturated rings. The van der Waals surface area contributed by atoms with Gasteiger partial charge in [-0.15, -0.1) is 11.3 Å². The van der Waals surface area contributed by atoms with E-state index in [4.69, 9.17) is 11.6 Å². The van der Waals surface area contributed by atoms with Crippen LogP contribution < -0.4 is 5.32 Å². The largest absolute Gasteiger partial charge is 0.314 e. The van der Waals surface area contributed by atoms with Gasteiger partial charge in [-0.3, -0.25) is 0 Å². The van der Waals surface area contributed by atoms with Crippen molar-refractivity contribution in [2.75, 3.05) is 6.54 Å². The molecule has 0 bridgehead atoms. The van der Waals surface area contributed by atoms with Crippen molar-refractivity contribution in [2.24, 2.45) is 5.92 Å². The molecule has 1 heterocycles. The summed E-state index contributed by atoms with van der Waals surface area (Å²) in [7, 11) is 0. The first-order valence-electron chi connectivity index (χ1n) is 5.55. The summed E-state index contributed by atoms with van der Waals surface area (Å²) >= 11 is 7.55. The molecule has 0 aromatic carbocycles. The van der Waals surface area contributed by atoms with Crippen molar-refractivity contribution in [3.8, 4) is 0 Å². The van der Waals surface area contributed by atoms with E-state index in [0.717, 1.165) is 23.2 Å². The van der Waals surface area contributed by atoms with E-state index in [0.29, 0.717) is 6.04 Å². The zero-order valence-corrected chi connectivity index (χ0v) is 11.3. The molecule has 1 unspecified atom stereocenters. The van der Waals surface area contributed by atoms with E-state index < -0.39 is 0 Å². The molecule has 0 saturated heterocycles. The van der Waals surface area contributed by atoms with Gasteiger partial charge >= 0.3 is 0 Å². The van der Waals surface area contributed by atoms with Gasteiger partial charge in [0.15, 0.2) is 0 Å². The third-order valence-electron chi connectivity index (χ3n) is 2.32. The lowest BCUT2D eigenvalue weighted by atomic mass is 10.1. The standard InChI is InChI=1S/C12H20ClNS/c1-9(2)8-10(3)14-7-6-11-4-5-12(13)15-11/h4-5,9-10,14H,6-8H2,1-3H3. The highest BCUT2D eigenvalue weighted by atomic mass is 35.5. The van der Waals surface area contributed by atoms with E-state index >= 15 is 0 Å². The van der Waals surface area contributed by atoms with Gasteiger partial charge in [0.2, 0.25) is 0 Å². The van der Waals surface area contributed by atoms with Crippen LogP contribution in [0.15, 0.2) is 12.1 Å². The van der Waals surface area contributed by atoms with Crippen LogP contribution in [0, 0.1) is 5.92 Å². The molecule has 0 spiro atoms. The molecule has 0 aliphatic rings. The Labute approximate surface area is 102 Å². The van der Waals surface area contributed by atoms with Crippen molar-refractivity contribution in [2.45, 2.75) is 39.7 Å². The normalized spacial score (nSPS) is 13.4. The van der Waals surface area contributed by atoms with Crippen LogP contribution in [0.2, 0.25) is 4.34 Å². The average molecular weight is 246 g/mol. The van der Waals surface area contributed by atoms with Gasteiger partial charge in [0.25, 0.3) is 0 Å². The lowest BCUT2D eigenvalue weighted by Crippen LogP contribution is -2.29. The Kier molecular flexibility index (Phi) is 5.65. The van der Waals surface area contributed by atoms with Crippen molar-refractivity contribution < 1.29 is 0 Å². The monoisotopic (exact) mass is 245 g/mol. The van der Waals surface area contributed by atoms with Crippen LogP contribution in [-0.4, -0.2) is 12.6 Å². The number of hydrogen-bond acceptors (Lipinski definition) is 2. The molecule has 0 amide bonds. The SMILES string of the molecule is CC(C)CC(C)NCCc1ccc(Cl)s1. The fraction of sp³-hybridized carbons (Fsp3) is 0.667. The summed E-state index contributed by atoms with van der Waals surface area (Å²) in [4.78, 5) is 1.37. The van der Waals surface area contributed by atoms with Crippen molar-refractivity contribution >= 4 is 22.9 Å². The molecule has 3 heteroatoms. The first-order valence-corrected chi connectivity index (χ1v) is 6.75. The molecule has 1 N–H and O–H groups in total. The third-order valence-corrected chi connectivity index (χ3v) is 3.61. The second-order valence-corrected chi connectivity index (χ2v) is 6.24. The predicted molar refractivity (Wildman–Crippen MR) is 70.0 cm³/mol. The highest BCUT2D eigenvalue weighted by Crippen LogP contribution is 2.21. The smallest absolute Gasteiger partial charge is 0.0931 e. The van der Waals surface area contributed by atoms with Crippen molar-refractivity contribution in [3.63, 3.8) is 0 Å². The number of halogens is 1. The molecule has 0 aliphatic heterocycles. The van der Waals surface area contributed by atoms with Gasteiger partial charge in [0.05, 0.1) is 4.34 Å². The molecule has 1 atom stereocenters. The quantitative estimate of drug-likeness (QED) is 0.800. The second kappa shape index (κ2) is 6.51. The molecule has 86 valence electrons. The Morgan fingerprint density at radius 1 is 1.33 bits per heavy atom. The molecule has 1 rings (SSSR count). The van der Waals surface area contributed by atoms with Gasteiger partial charge in [0, 0.05) is 17.5 Å². The minimum absolute atomic E-state index is 0.612. The van der Waals surface area contributed by atoms with Gasteiger partial charge in [-0.2, -0.15) is 0 Å². The fourth-order valence-electron chi connectivity index (χ4n) is 1.72. The molecule has 0 aliphatic carbocycles. The topological polar surface area (TPSA) is 12.0 Å². The van der Waals surface area contributed by atoms with Crippen molar-refractivity contribution in [1.29, 1.82) is 0 Å². The third kappa shape index (κ3) is 5.55. The Balaban J connectivity index is 2.16. The number of hydrogen-bond donors (Lipinski definition) is 1. The van der Waals surface area contributed by atoms with Gasteiger partial charge in [0.1, 0.15) is 0 Å². The Hall–Kier alpha value is -0.0500. The maximum Gasteiger partial charge on any atom is 0.0931 e. The summed E-state index contributed by atoms with van der Waals surface area (Å²) in [5, 5.41) is 3.54. The van der Waals surface area contributed by atoms with Crippen LogP contribution in [-0.2, 0) is 6.42 Å². The van der Waals surface area contributed by atoms with Crippen LogP contribution in [0.25, 0.3) is 0 Å². The van der Waals surface area contributed by atoms with E-state index in [9.17, 15) is 0 Å². The summed E-state index contributed by atoms with van der Waals surface area (Å²) in [6.07, 6.45) is 2.32. The number of rotatable bonds is 6. The van der Waals surface area contributed by atoms with Crippen LogP contribution in [0.1, 0.15) is 32.1 Å². The maximum absolute atomic E-state index is 5.87. The minimum atomic E-state index is 0.612. The number of nitrogens with one attached hydrogen (secondary N) is 1. The first-order chi connectivity index (χ1) is 7.08. The zero-order chi connectivity index (χ0) is 11.3. The summed E-state index contributed by atoms with van der Waals surface area (Å²) in [6, 6.07) is 4.70. The molecule has 0 saturated carbocycles. The van der Waals surface area contributed by atoms with Crippen LogP contribution in [0.3, 0.4) is 0 Å². The molecular weight excluding hydrogens is 226 g/mol. The highest BCUT2D eigenvalue weighted by Gasteiger charge is 2.04. The van der Waals surface area contributed by atoms with Gasteiger partial charge in [-0.05, 0) is 37.8 Å². The van der Waals surface area contributed by atoms with Gasteiger partial charge < -0.3 is 5.32 Å². The lowest BCUT2D eigenvalue weighted by Gasteiger charge is -2.15. The van der Waals surface area contributed by atoms with Gasteiger partial charge in [-0.1, -0.05) is 25.4 Å².